The highest BCUT2D eigenvalue weighted by Gasteiger charge is 2.22. The van der Waals surface area contributed by atoms with Gasteiger partial charge in [-0.1, -0.05) is 34.7 Å². The lowest BCUT2D eigenvalue weighted by molar-refractivity contribution is 0.198. The first-order chi connectivity index (χ1) is 26.0. The summed E-state index contributed by atoms with van der Waals surface area (Å²) in [7, 11) is 2.16. The maximum atomic E-state index is 9.77. The third kappa shape index (κ3) is 6.93. The van der Waals surface area contributed by atoms with E-state index in [4.69, 9.17) is 9.97 Å². The van der Waals surface area contributed by atoms with Gasteiger partial charge in [0.25, 0.3) is 0 Å². The first-order valence-corrected chi connectivity index (χ1v) is 18.0. The molecule has 1 atom stereocenters. The molecule has 8 aromatic rings. The zero-order valence-corrected chi connectivity index (χ0v) is 29.4. The summed E-state index contributed by atoms with van der Waals surface area (Å²) in [6.07, 6.45) is 4.12. The van der Waals surface area contributed by atoms with E-state index in [1.807, 2.05) is 64.1 Å². The normalized spacial score (nSPS) is 16.5. The molecule has 0 radical (unpaired) electrons. The molecule has 0 bridgehead atoms. The summed E-state index contributed by atoms with van der Waals surface area (Å²) < 4.78 is 3.70. The van der Waals surface area contributed by atoms with Gasteiger partial charge in [0.2, 0.25) is 0 Å². The Balaban J connectivity index is 0.000000141. The van der Waals surface area contributed by atoms with Crippen molar-refractivity contribution in [2.24, 2.45) is 0 Å². The number of hydrogen-bond acceptors (Lipinski definition) is 12. The van der Waals surface area contributed by atoms with Crippen LogP contribution in [0.1, 0.15) is 17.5 Å². The van der Waals surface area contributed by atoms with Gasteiger partial charge in [-0.15, -0.1) is 10.2 Å². The lowest BCUT2D eigenvalue weighted by atomic mass is 10.1. The zero-order chi connectivity index (χ0) is 35.7. The first kappa shape index (κ1) is 32.8. The van der Waals surface area contributed by atoms with Gasteiger partial charge in [-0.3, -0.25) is 9.97 Å². The molecule has 2 aromatic carbocycles. The number of likely N-dealkylation sites (N-methyl/N-ethyl adjacent to an activating group) is 1. The van der Waals surface area contributed by atoms with Crippen LogP contribution in [0.15, 0.2) is 97.3 Å². The molecule has 2 aliphatic rings. The van der Waals surface area contributed by atoms with Crippen LogP contribution < -0.4 is 9.80 Å². The van der Waals surface area contributed by atoms with E-state index in [0.717, 1.165) is 106 Å². The fraction of sp³-hybridized carbons (Fsp3) is 0.282. The number of nitrogens with zero attached hydrogens (tertiary/aromatic N) is 13. The van der Waals surface area contributed by atoms with Crippen molar-refractivity contribution in [2.45, 2.75) is 25.6 Å². The largest absolute Gasteiger partial charge is 0.391 e. The number of rotatable bonds is 6. The predicted molar refractivity (Wildman–Crippen MR) is 205 cm³/mol. The summed E-state index contributed by atoms with van der Waals surface area (Å²) in [5, 5.41) is 29.1. The molecule has 0 aliphatic carbocycles. The van der Waals surface area contributed by atoms with Crippen LogP contribution in [-0.2, 0) is 13.1 Å². The van der Waals surface area contributed by atoms with Gasteiger partial charge in [0.1, 0.15) is 22.7 Å². The van der Waals surface area contributed by atoms with Crippen LogP contribution in [-0.4, -0.2) is 112 Å². The van der Waals surface area contributed by atoms with Crippen molar-refractivity contribution < 1.29 is 5.11 Å². The maximum absolute atomic E-state index is 9.77. The fourth-order valence-corrected chi connectivity index (χ4v) is 7.03. The van der Waals surface area contributed by atoms with Crippen molar-refractivity contribution in [3.8, 4) is 0 Å². The summed E-state index contributed by atoms with van der Waals surface area (Å²) in [5.74, 6) is 1.86. The average molecular weight is 706 g/mol. The van der Waals surface area contributed by atoms with Crippen LogP contribution in [0.3, 0.4) is 0 Å². The molecule has 1 N–H and O–H groups in total. The van der Waals surface area contributed by atoms with Gasteiger partial charge in [-0.05, 0) is 85.3 Å². The number of benzene rings is 2. The van der Waals surface area contributed by atoms with Gasteiger partial charge in [-0.2, -0.15) is 0 Å². The summed E-state index contributed by atoms with van der Waals surface area (Å²) in [6, 6.07) is 28.5. The highest BCUT2D eigenvalue weighted by Crippen LogP contribution is 2.23. The van der Waals surface area contributed by atoms with Crippen molar-refractivity contribution in [3.05, 3.63) is 108 Å². The molecule has 8 heterocycles. The quantitative estimate of drug-likeness (QED) is 0.265. The number of hydrogen-bond donors (Lipinski definition) is 1. The van der Waals surface area contributed by atoms with Crippen LogP contribution in [0.5, 0.6) is 0 Å². The molecule has 53 heavy (non-hydrogen) atoms. The minimum atomic E-state index is -0.276. The lowest BCUT2D eigenvalue weighted by Crippen LogP contribution is -2.44. The van der Waals surface area contributed by atoms with Gasteiger partial charge < -0.3 is 19.8 Å². The number of pyridine rings is 4. The second-order valence-corrected chi connectivity index (χ2v) is 13.8. The van der Waals surface area contributed by atoms with Gasteiger partial charge in [0.15, 0.2) is 11.3 Å². The van der Waals surface area contributed by atoms with Crippen molar-refractivity contribution in [1.29, 1.82) is 0 Å². The molecule has 1 unspecified atom stereocenters. The highest BCUT2D eigenvalue weighted by molar-refractivity contribution is 5.80. The molecule has 2 fully saturated rings. The third-order valence-corrected chi connectivity index (χ3v) is 10.0. The van der Waals surface area contributed by atoms with Gasteiger partial charge in [0, 0.05) is 62.4 Å². The van der Waals surface area contributed by atoms with Crippen LogP contribution in [0, 0.1) is 0 Å². The summed E-state index contributed by atoms with van der Waals surface area (Å²) in [5.41, 5.74) is 7.46. The Morgan fingerprint density at radius 1 is 0.604 bits per heavy atom. The molecule has 0 spiro atoms. The molecule has 0 amide bonds. The first-order valence-electron chi connectivity index (χ1n) is 18.0. The van der Waals surface area contributed by atoms with E-state index in [-0.39, 0.29) is 6.10 Å². The van der Waals surface area contributed by atoms with Gasteiger partial charge >= 0.3 is 0 Å². The molecule has 2 saturated heterocycles. The standard InChI is InChI=1S/C20H21N7.C19H18N6O/c1-25-9-11-26(12-10-25)19-7-6-18-20(22-19)27(24-23-18)14-15-4-5-17-16(13-15)3-2-8-21-17;26-15-7-9-24(12-15)18-6-5-17-19(21-18)25(23-22-17)11-13-3-4-16-14(10-13)2-1-8-20-16/h2-8,13H,9-12,14H2,1H3;1-6,8,10,15,26H,7,9,11-12H2. The van der Waals surface area contributed by atoms with E-state index in [2.05, 4.69) is 88.7 Å². The number of anilines is 2. The summed E-state index contributed by atoms with van der Waals surface area (Å²) in [4.78, 5) is 25.1. The average Bonchev–Trinajstić information content (AvgIpc) is 3.93. The van der Waals surface area contributed by atoms with E-state index >= 15 is 0 Å². The number of aromatic nitrogens is 10. The van der Waals surface area contributed by atoms with Crippen molar-refractivity contribution in [3.63, 3.8) is 0 Å². The molecular weight excluding hydrogens is 667 g/mol. The number of piperazine rings is 1. The van der Waals surface area contributed by atoms with E-state index < -0.39 is 0 Å². The van der Waals surface area contributed by atoms with E-state index in [1.54, 1.807) is 6.20 Å². The van der Waals surface area contributed by atoms with Crippen LogP contribution in [0.2, 0.25) is 0 Å². The molecule has 0 saturated carbocycles. The van der Waals surface area contributed by atoms with E-state index in [1.165, 1.54) is 0 Å². The predicted octanol–water partition coefficient (Wildman–Crippen LogP) is 4.17. The van der Waals surface area contributed by atoms with Crippen LogP contribution in [0.4, 0.5) is 11.6 Å². The minimum Gasteiger partial charge on any atom is -0.391 e. The number of β-amino-alcohol motifs (C(OH)–C–C–N with tert-alkyl or cyclic N) is 1. The van der Waals surface area contributed by atoms with Crippen molar-refractivity contribution in [1.82, 2.24) is 54.8 Å². The lowest BCUT2D eigenvalue weighted by Gasteiger charge is -2.33. The zero-order valence-electron chi connectivity index (χ0n) is 29.4. The van der Waals surface area contributed by atoms with E-state index in [9.17, 15) is 5.11 Å². The minimum absolute atomic E-state index is 0.276. The molecule has 10 rings (SSSR count). The monoisotopic (exact) mass is 705 g/mol. The number of aliphatic hydroxyl groups excluding tert-OH is 1. The van der Waals surface area contributed by atoms with E-state index in [0.29, 0.717) is 19.6 Å². The molecular formula is C39H39N13O. The second-order valence-electron chi connectivity index (χ2n) is 13.8. The molecule has 14 heteroatoms. The molecule has 2 aliphatic heterocycles. The summed E-state index contributed by atoms with van der Waals surface area (Å²) in [6.45, 7) is 6.78. The number of fused-ring (bicyclic) bond motifs is 4. The Morgan fingerprint density at radius 2 is 1.13 bits per heavy atom. The second kappa shape index (κ2) is 14.1. The fourth-order valence-electron chi connectivity index (χ4n) is 7.03. The molecule has 14 nitrogen and oxygen atoms in total. The Labute approximate surface area is 305 Å². The molecule has 6 aromatic heterocycles. The Hall–Kier alpha value is -6.12. The van der Waals surface area contributed by atoms with Crippen LogP contribution in [0.25, 0.3) is 44.1 Å². The van der Waals surface area contributed by atoms with Gasteiger partial charge in [-0.25, -0.2) is 19.3 Å². The van der Waals surface area contributed by atoms with Gasteiger partial charge in [0.05, 0.1) is 30.2 Å². The third-order valence-electron chi connectivity index (χ3n) is 10.0. The smallest absolute Gasteiger partial charge is 0.180 e. The van der Waals surface area contributed by atoms with Crippen LogP contribution >= 0.6 is 0 Å². The topological polar surface area (TPSA) is 143 Å². The Kier molecular flexibility index (Phi) is 8.73. The SMILES string of the molecule is CN1CCN(c2ccc3nnn(Cc4ccc5ncccc5c4)c3n2)CC1.OC1CCN(c2ccc3nnn(Cc4ccc5ncccc5c4)c3n2)C1. The summed E-state index contributed by atoms with van der Waals surface area (Å²) >= 11 is 0. The van der Waals surface area contributed by atoms with Crippen molar-refractivity contribution in [2.75, 3.05) is 56.1 Å². The highest BCUT2D eigenvalue weighted by atomic mass is 16.3. The van der Waals surface area contributed by atoms with Crippen molar-refractivity contribution >= 4 is 55.8 Å². The number of aliphatic hydroxyl groups is 1. The maximum Gasteiger partial charge on any atom is 0.180 e. The Morgan fingerprint density at radius 3 is 1.66 bits per heavy atom. The Bertz CT molecular complexity index is 2540. The molecule has 266 valence electrons.